The maximum atomic E-state index is 13.4. The van der Waals surface area contributed by atoms with Crippen molar-refractivity contribution in [2.24, 2.45) is 0 Å². The molecule has 1 heterocycles. The topological polar surface area (TPSA) is 70.6 Å². The average Bonchev–Trinajstić information content (AvgIpc) is 2.60. The molecule has 0 aliphatic heterocycles. The van der Waals surface area contributed by atoms with Crippen molar-refractivity contribution < 1.29 is 13.2 Å². The van der Waals surface area contributed by atoms with Gasteiger partial charge >= 0.3 is 0 Å². The van der Waals surface area contributed by atoms with Gasteiger partial charge < -0.3 is 4.90 Å². The molecule has 0 fully saturated rings. The Kier molecular flexibility index (Phi) is 6.95. The lowest BCUT2D eigenvalue weighted by atomic mass is 10.2. The highest BCUT2D eigenvalue weighted by Gasteiger charge is 2.30. The number of carbonyl (C=O) groups excluding carboxylic acids is 1. The number of aromatic nitrogens is 1. The Morgan fingerprint density at radius 3 is 2.37 bits per heavy atom. The zero-order valence-corrected chi connectivity index (χ0v) is 17.5. The van der Waals surface area contributed by atoms with Crippen LogP contribution in [0.4, 0.5) is 0 Å². The van der Waals surface area contributed by atoms with E-state index in [1.54, 1.807) is 35.5 Å². The lowest BCUT2D eigenvalue weighted by Gasteiger charge is -2.33. The van der Waals surface area contributed by atoms with Crippen molar-refractivity contribution in [2.75, 3.05) is 13.1 Å². The molecule has 1 aromatic carbocycles. The standard InChI is InChI=1S/C20H29N3O3S/c1-6-12-22(14-20(24)23(15(2)3)16(4)5)27(25,26)19-9-7-8-17-13-21-11-10-18(17)19/h7-11,13,15-16H,6,12,14H2,1-5H3. The van der Waals surface area contributed by atoms with Gasteiger partial charge in [-0.3, -0.25) is 9.78 Å². The van der Waals surface area contributed by atoms with E-state index in [0.29, 0.717) is 18.4 Å². The third-order valence-electron chi connectivity index (χ3n) is 4.44. The van der Waals surface area contributed by atoms with Gasteiger partial charge in [-0.15, -0.1) is 0 Å². The summed E-state index contributed by atoms with van der Waals surface area (Å²) >= 11 is 0. The Balaban J connectivity index is 2.44. The van der Waals surface area contributed by atoms with E-state index in [0.717, 1.165) is 5.39 Å². The lowest BCUT2D eigenvalue weighted by Crippen LogP contribution is -2.48. The zero-order valence-electron chi connectivity index (χ0n) is 16.7. The van der Waals surface area contributed by atoms with Crippen LogP contribution in [0.3, 0.4) is 0 Å². The van der Waals surface area contributed by atoms with Gasteiger partial charge in [0.2, 0.25) is 15.9 Å². The quantitative estimate of drug-likeness (QED) is 0.692. The van der Waals surface area contributed by atoms with Crippen LogP contribution in [-0.2, 0) is 14.8 Å². The Morgan fingerprint density at radius 1 is 1.11 bits per heavy atom. The summed E-state index contributed by atoms with van der Waals surface area (Å²) in [6.07, 6.45) is 3.85. The molecule has 0 spiro atoms. The predicted octanol–water partition coefficient (Wildman–Crippen LogP) is 3.28. The Labute approximate surface area is 162 Å². The molecule has 2 rings (SSSR count). The highest BCUT2D eigenvalue weighted by atomic mass is 32.2. The minimum absolute atomic E-state index is 0.00677. The summed E-state index contributed by atoms with van der Waals surface area (Å²) in [7, 11) is -3.81. The van der Waals surface area contributed by atoms with Crippen molar-refractivity contribution in [3.63, 3.8) is 0 Å². The Hall–Kier alpha value is -1.99. The van der Waals surface area contributed by atoms with Crippen molar-refractivity contribution >= 4 is 26.7 Å². The summed E-state index contributed by atoms with van der Waals surface area (Å²) in [4.78, 5) is 18.9. The monoisotopic (exact) mass is 391 g/mol. The molecule has 1 aromatic heterocycles. The first kappa shape index (κ1) is 21.3. The van der Waals surface area contributed by atoms with Gasteiger partial charge in [-0.25, -0.2) is 8.42 Å². The molecular weight excluding hydrogens is 362 g/mol. The van der Waals surface area contributed by atoms with E-state index in [1.807, 2.05) is 40.7 Å². The molecule has 0 saturated carbocycles. The number of sulfonamides is 1. The molecule has 0 aliphatic carbocycles. The predicted molar refractivity (Wildman–Crippen MR) is 108 cm³/mol. The minimum atomic E-state index is -3.81. The van der Waals surface area contributed by atoms with Crippen LogP contribution in [0.5, 0.6) is 0 Å². The second-order valence-electron chi connectivity index (χ2n) is 7.18. The van der Waals surface area contributed by atoms with Crippen LogP contribution in [-0.4, -0.2) is 53.7 Å². The normalized spacial score (nSPS) is 12.3. The molecule has 0 radical (unpaired) electrons. The third kappa shape index (κ3) is 4.65. The SMILES string of the molecule is CCCN(CC(=O)N(C(C)C)C(C)C)S(=O)(=O)c1cccc2cnccc12. The highest BCUT2D eigenvalue weighted by Crippen LogP contribution is 2.25. The molecule has 0 atom stereocenters. The van der Waals surface area contributed by atoms with E-state index in [9.17, 15) is 13.2 Å². The van der Waals surface area contributed by atoms with Crippen molar-refractivity contribution in [1.29, 1.82) is 0 Å². The molecule has 7 heteroatoms. The van der Waals surface area contributed by atoms with Gasteiger partial charge in [0.25, 0.3) is 0 Å². The van der Waals surface area contributed by atoms with Gasteiger partial charge in [-0.1, -0.05) is 19.1 Å². The van der Waals surface area contributed by atoms with E-state index in [4.69, 9.17) is 0 Å². The van der Waals surface area contributed by atoms with Crippen LogP contribution >= 0.6 is 0 Å². The van der Waals surface area contributed by atoms with Gasteiger partial charge in [-0.05, 0) is 46.2 Å². The van der Waals surface area contributed by atoms with Crippen LogP contribution in [0.15, 0.2) is 41.6 Å². The summed E-state index contributed by atoms with van der Waals surface area (Å²) in [5.41, 5.74) is 0. The molecule has 0 N–H and O–H groups in total. The Morgan fingerprint density at radius 2 is 1.78 bits per heavy atom. The van der Waals surface area contributed by atoms with Gasteiger partial charge in [0.05, 0.1) is 11.4 Å². The van der Waals surface area contributed by atoms with Crippen molar-refractivity contribution in [2.45, 2.75) is 58.0 Å². The first-order valence-electron chi connectivity index (χ1n) is 9.34. The number of nitrogens with zero attached hydrogens (tertiary/aromatic N) is 3. The average molecular weight is 392 g/mol. The van der Waals surface area contributed by atoms with Gasteiger partial charge in [0.1, 0.15) is 0 Å². The van der Waals surface area contributed by atoms with Crippen LogP contribution < -0.4 is 0 Å². The molecule has 2 aromatic rings. The van der Waals surface area contributed by atoms with E-state index in [-0.39, 0.29) is 29.4 Å². The Bertz CT molecular complexity index is 881. The van der Waals surface area contributed by atoms with Gasteiger partial charge in [0.15, 0.2) is 0 Å². The first-order chi connectivity index (χ1) is 12.7. The number of amides is 1. The largest absolute Gasteiger partial charge is 0.337 e. The minimum Gasteiger partial charge on any atom is -0.337 e. The molecule has 148 valence electrons. The number of fused-ring (bicyclic) bond motifs is 1. The van der Waals surface area contributed by atoms with Crippen molar-refractivity contribution in [3.8, 4) is 0 Å². The molecule has 27 heavy (non-hydrogen) atoms. The maximum absolute atomic E-state index is 13.4. The fourth-order valence-electron chi connectivity index (χ4n) is 3.40. The number of pyridine rings is 1. The highest BCUT2D eigenvalue weighted by molar-refractivity contribution is 7.89. The lowest BCUT2D eigenvalue weighted by molar-refractivity contribution is -0.135. The summed E-state index contributed by atoms with van der Waals surface area (Å²) in [5.74, 6) is -0.182. The molecule has 0 bridgehead atoms. The number of hydrogen-bond acceptors (Lipinski definition) is 4. The van der Waals surface area contributed by atoms with Crippen molar-refractivity contribution in [1.82, 2.24) is 14.2 Å². The smallest absolute Gasteiger partial charge is 0.244 e. The molecule has 1 amide bonds. The number of carbonyl (C=O) groups is 1. The van der Waals surface area contributed by atoms with Gasteiger partial charge in [0, 0.05) is 41.8 Å². The van der Waals surface area contributed by atoms with Crippen molar-refractivity contribution in [3.05, 3.63) is 36.7 Å². The number of rotatable bonds is 8. The van der Waals surface area contributed by atoms with E-state index in [1.165, 1.54) is 4.31 Å². The summed E-state index contributed by atoms with van der Waals surface area (Å²) in [5, 5.41) is 1.37. The maximum Gasteiger partial charge on any atom is 0.244 e. The van der Waals surface area contributed by atoms with Gasteiger partial charge in [-0.2, -0.15) is 4.31 Å². The van der Waals surface area contributed by atoms with E-state index < -0.39 is 10.0 Å². The first-order valence-corrected chi connectivity index (χ1v) is 10.8. The molecule has 6 nitrogen and oxygen atoms in total. The summed E-state index contributed by atoms with van der Waals surface area (Å²) < 4.78 is 28.0. The second-order valence-corrected chi connectivity index (χ2v) is 9.09. The summed E-state index contributed by atoms with van der Waals surface area (Å²) in [6, 6.07) is 6.84. The molecule has 0 unspecified atom stereocenters. The second kappa shape index (κ2) is 8.80. The molecule has 0 saturated heterocycles. The third-order valence-corrected chi connectivity index (χ3v) is 6.35. The zero-order chi connectivity index (χ0) is 20.2. The molecule has 0 aliphatic rings. The molecular formula is C20H29N3O3S. The van der Waals surface area contributed by atoms with Crippen LogP contribution in [0.1, 0.15) is 41.0 Å². The van der Waals surface area contributed by atoms with E-state index >= 15 is 0 Å². The fraction of sp³-hybridized carbons (Fsp3) is 0.500. The summed E-state index contributed by atoms with van der Waals surface area (Å²) in [6.45, 7) is 9.79. The fourth-order valence-corrected chi connectivity index (χ4v) is 5.09. The van der Waals surface area contributed by atoms with E-state index in [2.05, 4.69) is 4.98 Å². The van der Waals surface area contributed by atoms with Crippen LogP contribution in [0.25, 0.3) is 10.8 Å². The van der Waals surface area contributed by atoms with Crippen LogP contribution in [0.2, 0.25) is 0 Å². The number of hydrogen-bond donors (Lipinski definition) is 0. The van der Waals surface area contributed by atoms with Crippen LogP contribution in [0, 0.1) is 0 Å². The number of benzene rings is 1.